The molecule has 0 aliphatic carbocycles. The lowest BCUT2D eigenvalue weighted by Gasteiger charge is -2.16. The van der Waals surface area contributed by atoms with Gasteiger partial charge in [-0.15, -0.1) is 0 Å². The average Bonchev–Trinajstić information content (AvgIpc) is 2.90. The van der Waals surface area contributed by atoms with E-state index >= 15 is 0 Å². The molecule has 1 heterocycles. The van der Waals surface area contributed by atoms with E-state index in [1.807, 2.05) is 18.2 Å². The molecule has 1 amide bonds. The number of aromatic nitrogens is 2. The van der Waals surface area contributed by atoms with E-state index in [1.165, 1.54) is 18.0 Å². The van der Waals surface area contributed by atoms with Crippen LogP contribution < -0.4 is 4.90 Å². The van der Waals surface area contributed by atoms with Crippen LogP contribution in [0.25, 0.3) is 10.9 Å². The maximum atomic E-state index is 13.7. The van der Waals surface area contributed by atoms with Crippen LogP contribution >= 0.6 is 0 Å². The molecule has 3 rings (SSSR count). The number of nitrogens with one attached hydrogen (secondary N) is 1. The van der Waals surface area contributed by atoms with E-state index < -0.39 is 5.82 Å². The summed E-state index contributed by atoms with van der Waals surface area (Å²) in [6.07, 6.45) is 0. The fraction of sp³-hybridized carbons (Fsp3) is 0.0667. The Hall–Kier alpha value is -2.69. The first kappa shape index (κ1) is 12.3. The van der Waals surface area contributed by atoms with E-state index in [0.29, 0.717) is 0 Å². The van der Waals surface area contributed by atoms with Crippen molar-refractivity contribution in [3.8, 4) is 0 Å². The van der Waals surface area contributed by atoms with E-state index in [9.17, 15) is 9.18 Å². The van der Waals surface area contributed by atoms with Gasteiger partial charge in [0.15, 0.2) is 5.69 Å². The van der Waals surface area contributed by atoms with Crippen LogP contribution in [-0.2, 0) is 0 Å². The predicted molar refractivity (Wildman–Crippen MR) is 75.2 cm³/mol. The van der Waals surface area contributed by atoms with Gasteiger partial charge in [-0.2, -0.15) is 5.10 Å². The van der Waals surface area contributed by atoms with Crippen LogP contribution in [0.4, 0.5) is 10.1 Å². The predicted octanol–water partition coefficient (Wildman–Crippen LogP) is 2.98. The summed E-state index contributed by atoms with van der Waals surface area (Å²) < 4.78 is 13.7. The lowest BCUT2D eigenvalue weighted by atomic mass is 10.2. The number of amides is 1. The van der Waals surface area contributed by atoms with Crippen molar-refractivity contribution >= 4 is 22.5 Å². The monoisotopic (exact) mass is 269 g/mol. The summed E-state index contributed by atoms with van der Waals surface area (Å²) in [7, 11) is 1.53. The summed E-state index contributed by atoms with van der Waals surface area (Å²) in [4.78, 5) is 13.7. The molecule has 0 unspecified atom stereocenters. The molecule has 0 aliphatic heterocycles. The van der Waals surface area contributed by atoms with E-state index in [0.717, 1.165) is 10.9 Å². The van der Waals surface area contributed by atoms with Gasteiger partial charge in [0, 0.05) is 12.4 Å². The van der Waals surface area contributed by atoms with Crippen LogP contribution in [0.2, 0.25) is 0 Å². The molecule has 100 valence electrons. The Bertz CT molecular complexity index is 781. The highest BCUT2D eigenvalue weighted by Crippen LogP contribution is 2.22. The van der Waals surface area contributed by atoms with Gasteiger partial charge < -0.3 is 4.90 Å². The number of rotatable bonds is 2. The number of halogens is 1. The molecule has 1 N–H and O–H groups in total. The highest BCUT2D eigenvalue weighted by Gasteiger charge is 2.20. The van der Waals surface area contributed by atoms with Crippen molar-refractivity contribution in [3.63, 3.8) is 0 Å². The first-order chi connectivity index (χ1) is 9.68. The number of anilines is 1. The lowest BCUT2D eigenvalue weighted by molar-refractivity contribution is 0.0989. The molecule has 0 saturated carbocycles. The molecule has 2 aromatic carbocycles. The first-order valence-corrected chi connectivity index (χ1v) is 6.14. The molecule has 0 radical (unpaired) electrons. The minimum atomic E-state index is -0.441. The number of para-hydroxylation sites is 2. The molecule has 5 heteroatoms. The van der Waals surface area contributed by atoms with Crippen molar-refractivity contribution in [2.24, 2.45) is 0 Å². The SMILES string of the molecule is CN(C(=O)c1n[nH]c2ccccc12)c1ccccc1F. The van der Waals surface area contributed by atoms with E-state index in [1.54, 1.807) is 24.3 Å². The van der Waals surface area contributed by atoms with Crippen LogP contribution in [-0.4, -0.2) is 23.2 Å². The van der Waals surface area contributed by atoms with Crippen molar-refractivity contribution in [2.75, 3.05) is 11.9 Å². The van der Waals surface area contributed by atoms with Gasteiger partial charge in [0.05, 0.1) is 11.2 Å². The molecule has 4 nitrogen and oxygen atoms in total. The summed E-state index contributed by atoms with van der Waals surface area (Å²) in [5.74, 6) is -0.796. The second-order valence-corrected chi connectivity index (χ2v) is 4.43. The van der Waals surface area contributed by atoms with Gasteiger partial charge in [0.2, 0.25) is 0 Å². The van der Waals surface area contributed by atoms with Crippen molar-refractivity contribution < 1.29 is 9.18 Å². The highest BCUT2D eigenvalue weighted by molar-refractivity contribution is 6.12. The third-order valence-corrected chi connectivity index (χ3v) is 3.19. The standard InChI is InChI=1S/C15H12FN3O/c1-19(13-9-5-3-7-11(13)16)15(20)14-10-6-2-4-8-12(10)17-18-14/h2-9H,1H3,(H,17,18). The number of carbonyl (C=O) groups is 1. The van der Waals surface area contributed by atoms with E-state index in [-0.39, 0.29) is 17.3 Å². The smallest absolute Gasteiger partial charge is 0.279 e. The van der Waals surface area contributed by atoms with Crippen LogP contribution in [0.1, 0.15) is 10.5 Å². The second-order valence-electron chi connectivity index (χ2n) is 4.43. The van der Waals surface area contributed by atoms with Gasteiger partial charge in [-0.05, 0) is 18.2 Å². The number of hydrogen-bond donors (Lipinski definition) is 1. The number of H-pyrrole nitrogens is 1. The highest BCUT2D eigenvalue weighted by atomic mass is 19.1. The Balaban J connectivity index is 2.03. The van der Waals surface area contributed by atoms with E-state index in [4.69, 9.17) is 0 Å². The zero-order valence-corrected chi connectivity index (χ0v) is 10.8. The van der Waals surface area contributed by atoms with Gasteiger partial charge in [-0.3, -0.25) is 9.89 Å². The number of aromatic amines is 1. The fourth-order valence-electron chi connectivity index (χ4n) is 2.12. The lowest BCUT2D eigenvalue weighted by Crippen LogP contribution is -2.27. The molecular weight excluding hydrogens is 257 g/mol. The third-order valence-electron chi connectivity index (χ3n) is 3.19. The maximum absolute atomic E-state index is 13.7. The largest absolute Gasteiger partial charge is 0.307 e. The average molecular weight is 269 g/mol. The summed E-state index contributed by atoms with van der Waals surface area (Å²) in [6, 6.07) is 13.5. The fourth-order valence-corrected chi connectivity index (χ4v) is 2.12. The summed E-state index contributed by atoms with van der Waals surface area (Å²) in [6.45, 7) is 0. The van der Waals surface area contributed by atoms with Crippen LogP contribution in [0.15, 0.2) is 48.5 Å². The molecule has 3 aromatic rings. The van der Waals surface area contributed by atoms with Crippen molar-refractivity contribution in [1.82, 2.24) is 10.2 Å². The Morgan fingerprint density at radius 2 is 1.85 bits per heavy atom. The molecule has 0 fully saturated rings. The van der Waals surface area contributed by atoms with Crippen LogP contribution in [0, 0.1) is 5.82 Å². The minimum absolute atomic E-state index is 0.226. The number of hydrogen-bond acceptors (Lipinski definition) is 2. The molecule has 0 spiro atoms. The Morgan fingerprint density at radius 1 is 1.15 bits per heavy atom. The normalized spacial score (nSPS) is 10.7. The molecule has 0 saturated heterocycles. The van der Waals surface area contributed by atoms with Gasteiger partial charge in [-0.1, -0.05) is 30.3 Å². The molecule has 0 bridgehead atoms. The summed E-state index contributed by atoms with van der Waals surface area (Å²) in [5, 5.41) is 7.55. The zero-order chi connectivity index (χ0) is 14.1. The minimum Gasteiger partial charge on any atom is -0.307 e. The van der Waals surface area contributed by atoms with Crippen molar-refractivity contribution in [1.29, 1.82) is 0 Å². The third kappa shape index (κ3) is 1.93. The number of benzene rings is 2. The van der Waals surface area contributed by atoms with Gasteiger partial charge in [0.1, 0.15) is 5.82 Å². The number of fused-ring (bicyclic) bond motifs is 1. The summed E-state index contributed by atoms with van der Waals surface area (Å²) in [5.41, 5.74) is 1.29. The molecule has 20 heavy (non-hydrogen) atoms. The summed E-state index contributed by atoms with van der Waals surface area (Å²) >= 11 is 0. The zero-order valence-electron chi connectivity index (χ0n) is 10.8. The van der Waals surface area contributed by atoms with Gasteiger partial charge in [-0.25, -0.2) is 4.39 Å². The molecule has 0 aliphatic rings. The molecule has 1 aromatic heterocycles. The van der Waals surface area contributed by atoms with Crippen molar-refractivity contribution in [3.05, 3.63) is 60.0 Å². The van der Waals surface area contributed by atoms with Gasteiger partial charge >= 0.3 is 0 Å². The Labute approximate surface area is 114 Å². The quantitative estimate of drug-likeness (QED) is 0.777. The molecular formula is C15H12FN3O. The topological polar surface area (TPSA) is 49.0 Å². The second kappa shape index (κ2) is 4.77. The first-order valence-electron chi connectivity index (χ1n) is 6.14. The Kier molecular flexibility index (Phi) is 2.95. The maximum Gasteiger partial charge on any atom is 0.279 e. The number of nitrogens with zero attached hydrogens (tertiary/aromatic N) is 2. The van der Waals surface area contributed by atoms with Crippen molar-refractivity contribution in [2.45, 2.75) is 0 Å². The molecule has 0 atom stereocenters. The number of carbonyl (C=O) groups excluding carboxylic acids is 1. The Morgan fingerprint density at radius 3 is 2.65 bits per heavy atom. The van der Waals surface area contributed by atoms with Gasteiger partial charge in [0.25, 0.3) is 5.91 Å². The van der Waals surface area contributed by atoms with Crippen LogP contribution in [0.5, 0.6) is 0 Å². The van der Waals surface area contributed by atoms with E-state index in [2.05, 4.69) is 10.2 Å². The van der Waals surface area contributed by atoms with Crippen LogP contribution in [0.3, 0.4) is 0 Å².